The van der Waals surface area contributed by atoms with E-state index in [1.165, 1.54) is 4.88 Å². The quantitative estimate of drug-likeness (QED) is 0.925. The number of nitrogens with two attached hydrogens (primary N) is 1. The van der Waals surface area contributed by atoms with Crippen LogP contribution in [-0.2, 0) is 11.3 Å². The second-order valence-electron chi connectivity index (χ2n) is 4.98. The summed E-state index contributed by atoms with van der Waals surface area (Å²) in [4.78, 5) is 15.4. The fraction of sp³-hybridized carbons (Fsp3) is 0.615. The summed E-state index contributed by atoms with van der Waals surface area (Å²) in [7, 11) is 1.87. The van der Waals surface area contributed by atoms with Gasteiger partial charge in [0.15, 0.2) is 0 Å². The van der Waals surface area contributed by atoms with Crippen molar-refractivity contribution in [2.24, 2.45) is 11.7 Å². The van der Waals surface area contributed by atoms with Crippen molar-refractivity contribution in [2.45, 2.75) is 38.3 Å². The van der Waals surface area contributed by atoms with Crippen molar-refractivity contribution in [2.75, 3.05) is 7.05 Å². The first-order valence-electron chi connectivity index (χ1n) is 6.31. The molecule has 0 aromatic carbocycles. The highest BCUT2D eigenvalue weighted by Gasteiger charge is 2.30. The Kier molecular flexibility index (Phi) is 4.81. The number of hydrogen-bond acceptors (Lipinski definition) is 3. The fourth-order valence-electron chi connectivity index (χ4n) is 2.50. The average molecular weight is 331 g/mol. The molecule has 0 spiro atoms. The van der Waals surface area contributed by atoms with Crippen molar-refractivity contribution < 1.29 is 4.79 Å². The molecule has 0 radical (unpaired) electrons. The van der Waals surface area contributed by atoms with Gasteiger partial charge in [0.2, 0.25) is 5.91 Å². The minimum absolute atomic E-state index is 0.0205. The predicted octanol–water partition coefficient (Wildman–Crippen LogP) is 2.99. The number of amides is 1. The number of halogens is 1. The van der Waals surface area contributed by atoms with E-state index < -0.39 is 0 Å². The molecule has 2 atom stereocenters. The Bertz CT molecular complexity index is 421. The summed E-state index contributed by atoms with van der Waals surface area (Å²) >= 11 is 5.10. The molecule has 2 unspecified atom stereocenters. The molecule has 2 N–H and O–H groups in total. The summed E-state index contributed by atoms with van der Waals surface area (Å²) < 4.78 is 1.08. The molecule has 18 heavy (non-hydrogen) atoms. The topological polar surface area (TPSA) is 46.3 Å². The molecule has 1 amide bonds. The van der Waals surface area contributed by atoms with Gasteiger partial charge in [-0.3, -0.25) is 4.79 Å². The van der Waals surface area contributed by atoms with Crippen LogP contribution in [0.25, 0.3) is 0 Å². The van der Waals surface area contributed by atoms with Crippen LogP contribution in [0.15, 0.2) is 15.9 Å². The van der Waals surface area contributed by atoms with Gasteiger partial charge in [0.1, 0.15) is 0 Å². The van der Waals surface area contributed by atoms with Crippen molar-refractivity contribution >= 4 is 33.2 Å². The van der Waals surface area contributed by atoms with Crippen LogP contribution in [0.5, 0.6) is 0 Å². The summed E-state index contributed by atoms with van der Waals surface area (Å²) in [5, 5.41) is 2.04. The fourth-order valence-corrected chi connectivity index (χ4v) is 4.00. The van der Waals surface area contributed by atoms with Crippen LogP contribution in [0.2, 0.25) is 0 Å². The highest BCUT2D eigenvalue weighted by Crippen LogP contribution is 2.26. The number of nitrogens with zero attached hydrogens (tertiary/aromatic N) is 1. The summed E-state index contributed by atoms with van der Waals surface area (Å²) in [6.45, 7) is 0.679. The maximum absolute atomic E-state index is 12.4. The Morgan fingerprint density at radius 1 is 1.56 bits per heavy atom. The smallest absolute Gasteiger partial charge is 0.227 e. The van der Waals surface area contributed by atoms with Gasteiger partial charge in [-0.15, -0.1) is 11.3 Å². The van der Waals surface area contributed by atoms with Crippen LogP contribution >= 0.6 is 27.3 Å². The maximum atomic E-state index is 12.4. The van der Waals surface area contributed by atoms with E-state index in [4.69, 9.17) is 5.73 Å². The van der Waals surface area contributed by atoms with Gasteiger partial charge in [-0.25, -0.2) is 0 Å². The zero-order valence-electron chi connectivity index (χ0n) is 10.6. The van der Waals surface area contributed by atoms with Crippen LogP contribution in [0.3, 0.4) is 0 Å². The van der Waals surface area contributed by atoms with Gasteiger partial charge in [-0.1, -0.05) is 12.8 Å². The first kappa shape index (κ1) is 14.0. The summed E-state index contributed by atoms with van der Waals surface area (Å²) in [5.74, 6) is 0.221. The summed E-state index contributed by atoms with van der Waals surface area (Å²) in [5.41, 5.74) is 6.06. The monoisotopic (exact) mass is 330 g/mol. The molecule has 1 aliphatic rings. The molecule has 1 saturated carbocycles. The van der Waals surface area contributed by atoms with Gasteiger partial charge in [0, 0.05) is 27.8 Å². The van der Waals surface area contributed by atoms with E-state index in [0.29, 0.717) is 6.54 Å². The molecule has 100 valence electrons. The normalized spacial score (nSPS) is 23.9. The molecule has 5 heteroatoms. The van der Waals surface area contributed by atoms with Crippen molar-refractivity contribution in [1.82, 2.24) is 4.90 Å². The molecule has 3 nitrogen and oxygen atoms in total. The second-order valence-corrected chi connectivity index (χ2v) is 6.89. The Labute approximate surface area is 120 Å². The third-order valence-corrected chi connectivity index (χ3v) is 5.21. The molecular weight excluding hydrogens is 312 g/mol. The van der Waals surface area contributed by atoms with Crippen LogP contribution in [0.4, 0.5) is 0 Å². The van der Waals surface area contributed by atoms with E-state index in [1.807, 2.05) is 17.3 Å². The predicted molar refractivity (Wildman–Crippen MR) is 78.4 cm³/mol. The Morgan fingerprint density at radius 2 is 2.28 bits per heavy atom. The van der Waals surface area contributed by atoms with Crippen LogP contribution < -0.4 is 5.73 Å². The Balaban J connectivity index is 1.95. The lowest BCUT2D eigenvalue weighted by Gasteiger charge is -2.30. The van der Waals surface area contributed by atoms with Gasteiger partial charge >= 0.3 is 0 Å². The second kappa shape index (κ2) is 6.17. The van der Waals surface area contributed by atoms with E-state index in [9.17, 15) is 4.79 Å². The minimum atomic E-state index is 0.0205. The highest BCUT2D eigenvalue weighted by atomic mass is 79.9. The molecule has 0 saturated heterocycles. The van der Waals surface area contributed by atoms with Crippen molar-refractivity contribution in [3.05, 3.63) is 20.8 Å². The molecule has 1 aromatic rings. The molecule has 1 fully saturated rings. The van der Waals surface area contributed by atoms with Gasteiger partial charge in [-0.05, 0) is 34.8 Å². The average Bonchev–Trinajstić information content (AvgIpc) is 2.74. The van der Waals surface area contributed by atoms with E-state index in [0.717, 1.165) is 30.2 Å². The number of hydrogen-bond donors (Lipinski definition) is 1. The Hall–Kier alpha value is -0.390. The number of carbonyl (C=O) groups is 1. The van der Waals surface area contributed by atoms with Crippen molar-refractivity contribution in [3.8, 4) is 0 Å². The largest absolute Gasteiger partial charge is 0.340 e. The molecule has 0 aliphatic heterocycles. The van der Waals surface area contributed by atoms with E-state index in [-0.39, 0.29) is 17.9 Å². The molecule has 1 heterocycles. The molecule has 2 rings (SSSR count). The van der Waals surface area contributed by atoms with Crippen LogP contribution in [-0.4, -0.2) is 23.9 Å². The first-order valence-corrected chi connectivity index (χ1v) is 7.98. The third-order valence-electron chi connectivity index (χ3n) is 3.53. The standard InChI is InChI=1S/C13H19BrN2OS/c1-16(7-10-6-9(14)8-18-10)13(17)11-4-2-3-5-12(11)15/h6,8,11-12H,2-5,7,15H2,1H3. The lowest BCUT2D eigenvalue weighted by atomic mass is 9.84. The van der Waals surface area contributed by atoms with E-state index >= 15 is 0 Å². The third kappa shape index (κ3) is 3.33. The van der Waals surface area contributed by atoms with Crippen LogP contribution in [0.1, 0.15) is 30.6 Å². The Morgan fingerprint density at radius 3 is 2.89 bits per heavy atom. The lowest BCUT2D eigenvalue weighted by molar-refractivity contribution is -0.136. The van der Waals surface area contributed by atoms with Crippen LogP contribution in [0, 0.1) is 5.92 Å². The van der Waals surface area contributed by atoms with Crippen molar-refractivity contribution in [3.63, 3.8) is 0 Å². The van der Waals surface area contributed by atoms with Crippen molar-refractivity contribution in [1.29, 1.82) is 0 Å². The maximum Gasteiger partial charge on any atom is 0.227 e. The number of carbonyl (C=O) groups excluding carboxylic acids is 1. The van der Waals surface area contributed by atoms with Gasteiger partial charge in [0.25, 0.3) is 0 Å². The van der Waals surface area contributed by atoms with Gasteiger partial charge in [-0.2, -0.15) is 0 Å². The summed E-state index contributed by atoms with van der Waals surface area (Å²) in [6, 6.07) is 2.11. The zero-order chi connectivity index (χ0) is 13.1. The van der Waals surface area contributed by atoms with E-state index in [2.05, 4.69) is 22.0 Å². The van der Waals surface area contributed by atoms with Gasteiger partial charge in [0.05, 0.1) is 12.5 Å². The number of rotatable bonds is 3. The molecule has 1 aromatic heterocycles. The minimum Gasteiger partial charge on any atom is -0.340 e. The number of thiophene rings is 1. The SMILES string of the molecule is CN(Cc1cc(Br)cs1)C(=O)C1CCCCC1N. The molecule has 1 aliphatic carbocycles. The molecule has 0 bridgehead atoms. The van der Waals surface area contributed by atoms with Gasteiger partial charge < -0.3 is 10.6 Å². The van der Waals surface area contributed by atoms with E-state index in [1.54, 1.807) is 11.3 Å². The first-order chi connectivity index (χ1) is 8.58. The zero-order valence-corrected chi connectivity index (χ0v) is 13.0. The highest BCUT2D eigenvalue weighted by molar-refractivity contribution is 9.10. The molecular formula is C13H19BrN2OS. The lowest BCUT2D eigenvalue weighted by Crippen LogP contribution is -2.44. The summed E-state index contributed by atoms with van der Waals surface area (Å²) in [6.07, 6.45) is 4.21.